The van der Waals surface area contributed by atoms with Crippen LogP contribution in [0.5, 0.6) is 0 Å². The summed E-state index contributed by atoms with van der Waals surface area (Å²) in [6.45, 7) is 0.431. The predicted octanol–water partition coefficient (Wildman–Crippen LogP) is 1.84. The summed E-state index contributed by atoms with van der Waals surface area (Å²) in [6.07, 6.45) is -3.88. The van der Waals surface area contributed by atoms with Crippen molar-refractivity contribution in [1.82, 2.24) is 5.32 Å². The largest absolute Gasteiger partial charge is 0.405 e. The van der Waals surface area contributed by atoms with Crippen molar-refractivity contribution in [2.24, 2.45) is 0 Å². The maximum absolute atomic E-state index is 11.6. The molecule has 1 amide bonds. The fourth-order valence-corrected chi connectivity index (χ4v) is 0.645. The molecule has 1 N–H and O–H groups in total. The lowest BCUT2D eigenvalue weighted by Crippen LogP contribution is -2.37. The van der Waals surface area contributed by atoms with Crippen LogP contribution in [0.4, 0.5) is 13.2 Å². The normalized spacial score (nSPS) is 14.1. The molecule has 12 heavy (non-hydrogen) atoms. The number of carbonyl (C=O) groups excluding carboxylic acids is 1. The summed E-state index contributed by atoms with van der Waals surface area (Å²) >= 11 is 2.93. The predicted molar refractivity (Wildman–Crippen MR) is 42.1 cm³/mol. The lowest BCUT2D eigenvalue weighted by molar-refractivity contribution is -0.138. The highest BCUT2D eigenvalue weighted by Crippen LogP contribution is 2.13. The zero-order chi connectivity index (χ0) is 9.78. The van der Waals surface area contributed by atoms with E-state index < -0.39 is 23.5 Å². The van der Waals surface area contributed by atoms with E-state index in [9.17, 15) is 18.0 Å². The number of nitrogens with one attached hydrogen (secondary N) is 1. The Morgan fingerprint density at radius 2 is 2.08 bits per heavy atom. The van der Waals surface area contributed by atoms with Crippen LogP contribution in [0.3, 0.4) is 0 Å². The van der Waals surface area contributed by atoms with Gasteiger partial charge < -0.3 is 5.32 Å². The molecule has 6 heteroatoms. The van der Waals surface area contributed by atoms with Crippen molar-refractivity contribution in [3.63, 3.8) is 0 Å². The van der Waals surface area contributed by atoms with Crippen LogP contribution in [0, 0.1) is 0 Å². The first-order valence-electron chi connectivity index (χ1n) is 3.35. The average molecular weight is 248 g/mol. The molecule has 0 aromatic rings. The minimum atomic E-state index is -4.34. The molecule has 2 nitrogen and oxygen atoms in total. The third-order valence-electron chi connectivity index (χ3n) is 1.11. The van der Waals surface area contributed by atoms with Crippen molar-refractivity contribution in [2.75, 3.05) is 6.54 Å². The van der Waals surface area contributed by atoms with Gasteiger partial charge in [-0.15, -0.1) is 0 Å². The molecule has 0 saturated heterocycles. The number of alkyl halides is 4. The zero-order valence-corrected chi connectivity index (χ0v) is 8.00. The van der Waals surface area contributed by atoms with Gasteiger partial charge >= 0.3 is 6.18 Å². The van der Waals surface area contributed by atoms with E-state index in [0.717, 1.165) is 0 Å². The number of hydrogen-bond acceptors (Lipinski definition) is 1. The van der Waals surface area contributed by atoms with Gasteiger partial charge in [0.1, 0.15) is 6.54 Å². The maximum Gasteiger partial charge on any atom is 0.405 e. The highest BCUT2D eigenvalue weighted by Gasteiger charge is 2.28. The number of hydrogen-bond donors (Lipinski definition) is 1. The molecule has 0 aliphatic rings. The second-order valence-electron chi connectivity index (χ2n) is 2.21. The Kier molecular flexibility index (Phi) is 4.59. The average Bonchev–Trinajstić information content (AvgIpc) is 1.97. The van der Waals surface area contributed by atoms with Gasteiger partial charge in [-0.1, -0.05) is 22.9 Å². The van der Waals surface area contributed by atoms with E-state index in [2.05, 4.69) is 15.9 Å². The second-order valence-corrected chi connectivity index (χ2v) is 3.31. The third kappa shape index (κ3) is 5.40. The third-order valence-corrected chi connectivity index (χ3v) is 2.17. The zero-order valence-electron chi connectivity index (χ0n) is 6.41. The van der Waals surface area contributed by atoms with Crippen LogP contribution in [0.1, 0.15) is 13.3 Å². The number of rotatable bonds is 3. The fraction of sp³-hybridized carbons (Fsp3) is 0.833. The molecule has 0 rings (SSSR count). The van der Waals surface area contributed by atoms with Crippen LogP contribution in [0.15, 0.2) is 0 Å². The van der Waals surface area contributed by atoms with Gasteiger partial charge in [-0.2, -0.15) is 13.2 Å². The van der Waals surface area contributed by atoms with Crippen molar-refractivity contribution in [3.8, 4) is 0 Å². The Hall–Kier alpha value is -0.260. The maximum atomic E-state index is 11.6. The van der Waals surface area contributed by atoms with Crippen molar-refractivity contribution in [3.05, 3.63) is 0 Å². The van der Waals surface area contributed by atoms with Gasteiger partial charge in [0.25, 0.3) is 0 Å². The first-order chi connectivity index (χ1) is 5.37. The Balaban J connectivity index is 3.72. The molecular weight excluding hydrogens is 239 g/mol. The summed E-state index contributed by atoms with van der Waals surface area (Å²) in [4.78, 5) is 10.2. The van der Waals surface area contributed by atoms with E-state index in [1.807, 2.05) is 0 Å². The molecular formula is C6H9BrF3NO. The second kappa shape index (κ2) is 4.69. The van der Waals surface area contributed by atoms with E-state index in [-0.39, 0.29) is 0 Å². The minimum absolute atomic E-state index is 0.462. The summed E-state index contributed by atoms with van der Waals surface area (Å²) in [5, 5.41) is 1.76. The van der Waals surface area contributed by atoms with Crippen LogP contribution >= 0.6 is 15.9 Å². The van der Waals surface area contributed by atoms with Crippen molar-refractivity contribution in [2.45, 2.75) is 24.3 Å². The van der Waals surface area contributed by atoms with Crippen LogP contribution in [-0.2, 0) is 4.79 Å². The molecule has 0 aromatic heterocycles. The summed E-state index contributed by atoms with van der Waals surface area (Å²) in [6, 6.07) is 0. The first kappa shape index (κ1) is 11.7. The van der Waals surface area contributed by atoms with Gasteiger partial charge in [-0.25, -0.2) is 0 Å². The van der Waals surface area contributed by atoms with Gasteiger partial charge in [0.2, 0.25) is 5.91 Å². The summed E-state index contributed by atoms with van der Waals surface area (Å²) in [5.74, 6) is -0.630. The van der Waals surface area contributed by atoms with Crippen LogP contribution in [-0.4, -0.2) is 23.5 Å². The fourth-order valence-electron chi connectivity index (χ4n) is 0.483. The molecule has 1 unspecified atom stereocenters. The highest BCUT2D eigenvalue weighted by atomic mass is 79.9. The van der Waals surface area contributed by atoms with Gasteiger partial charge in [0, 0.05) is 0 Å². The van der Waals surface area contributed by atoms with E-state index in [0.29, 0.717) is 6.42 Å². The molecule has 0 fully saturated rings. The Morgan fingerprint density at radius 3 is 2.42 bits per heavy atom. The summed E-state index contributed by atoms with van der Waals surface area (Å²) < 4.78 is 34.7. The number of halogens is 4. The molecule has 0 bridgehead atoms. The number of amides is 1. The number of carbonyl (C=O) groups is 1. The molecule has 0 radical (unpaired) electrons. The van der Waals surface area contributed by atoms with Gasteiger partial charge in [0.05, 0.1) is 4.83 Å². The van der Waals surface area contributed by atoms with E-state index in [1.54, 1.807) is 12.2 Å². The molecule has 1 atom stereocenters. The van der Waals surface area contributed by atoms with Crippen LogP contribution < -0.4 is 5.32 Å². The highest BCUT2D eigenvalue weighted by molar-refractivity contribution is 9.10. The van der Waals surface area contributed by atoms with E-state index in [1.165, 1.54) is 0 Å². The first-order valence-corrected chi connectivity index (χ1v) is 4.27. The molecule has 0 heterocycles. The lowest BCUT2D eigenvalue weighted by atomic mass is 10.3. The SMILES string of the molecule is CCC(Br)C(=O)NCC(F)(F)F. The van der Waals surface area contributed by atoms with Gasteiger partial charge in [-0.3, -0.25) is 4.79 Å². The van der Waals surface area contributed by atoms with Crippen LogP contribution in [0.2, 0.25) is 0 Å². The van der Waals surface area contributed by atoms with Crippen molar-refractivity contribution >= 4 is 21.8 Å². The van der Waals surface area contributed by atoms with Crippen molar-refractivity contribution < 1.29 is 18.0 Å². The summed E-state index contributed by atoms with van der Waals surface area (Å²) in [7, 11) is 0. The minimum Gasteiger partial charge on any atom is -0.346 e. The molecule has 0 spiro atoms. The Bertz CT molecular complexity index is 159. The van der Waals surface area contributed by atoms with Gasteiger partial charge in [-0.05, 0) is 6.42 Å². The van der Waals surface area contributed by atoms with Crippen molar-refractivity contribution in [1.29, 1.82) is 0 Å². The Morgan fingerprint density at radius 1 is 1.58 bits per heavy atom. The molecule has 0 aromatic carbocycles. The Labute approximate surface area is 76.6 Å². The molecule has 0 aliphatic heterocycles. The molecule has 72 valence electrons. The lowest BCUT2D eigenvalue weighted by Gasteiger charge is -2.10. The monoisotopic (exact) mass is 247 g/mol. The summed E-state index contributed by atoms with van der Waals surface area (Å²) in [5.41, 5.74) is 0. The molecule has 0 aliphatic carbocycles. The standard InChI is InChI=1S/C6H9BrF3NO/c1-2-4(7)5(12)11-3-6(8,9)10/h4H,2-3H2,1H3,(H,11,12). The van der Waals surface area contributed by atoms with Crippen LogP contribution in [0.25, 0.3) is 0 Å². The smallest absolute Gasteiger partial charge is 0.346 e. The van der Waals surface area contributed by atoms with E-state index >= 15 is 0 Å². The molecule has 0 saturated carbocycles. The van der Waals surface area contributed by atoms with Gasteiger partial charge in [0.15, 0.2) is 0 Å². The topological polar surface area (TPSA) is 29.1 Å². The van der Waals surface area contributed by atoms with E-state index in [4.69, 9.17) is 0 Å². The quantitative estimate of drug-likeness (QED) is 0.758.